The molecule has 0 saturated carbocycles. The second-order valence-corrected chi connectivity index (χ2v) is 2.17. The van der Waals surface area contributed by atoms with Crippen LogP contribution in [0.2, 0.25) is 0 Å². The van der Waals surface area contributed by atoms with Crippen molar-refractivity contribution in [2.24, 2.45) is 0 Å². The van der Waals surface area contributed by atoms with E-state index in [0.29, 0.717) is 0 Å². The van der Waals surface area contributed by atoms with E-state index in [1.54, 1.807) is 0 Å². The fraction of sp³-hybridized carbons (Fsp3) is 0. The van der Waals surface area contributed by atoms with Gasteiger partial charge in [0.05, 0.1) is 5.56 Å². The summed E-state index contributed by atoms with van der Waals surface area (Å²) in [6, 6.07) is 1.69. The van der Waals surface area contributed by atoms with Crippen LogP contribution >= 0.6 is 0 Å². The standard InChI is InChI=1S/C7H6O5.Mg.2H/c8-4-1-3(7(11)12)2-5(9)6(4)10;;;/h1-2,8-10H,(H,11,12);;;. The van der Waals surface area contributed by atoms with Gasteiger partial charge in [-0.2, -0.15) is 0 Å². The van der Waals surface area contributed by atoms with Gasteiger partial charge >= 0.3 is 29.0 Å². The molecule has 0 spiro atoms. The molecule has 0 fully saturated rings. The predicted octanol–water partition coefficient (Wildman–Crippen LogP) is -0.415. The number of hydrogen-bond acceptors (Lipinski definition) is 4. The summed E-state index contributed by atoms with van der Waals surface area (Å²) in [5.74, 6) is -3.33. The zero-order valence-electron chi connectivity index (χ0n) is 5.85. The van der Waals surface area contributed by atoms with Crippen molar-refractivity contribution < 1.29 is 25.2 Å². The van der Waals surface area contributed by atoms with E-state index in [1.807, 2.05) is 0 Å². The zero-order chi connectivity index (χ0) is 9.30. The first-order valence-electron chi connectivity index (χ1n) is 3.00. The van der Waals surface area contributed by atoms with Gasteiger partial charge in [-0.15, -0.1) is 0 Å². The van der Waals surface area contributed by atoms with Gasteiger partial charge in [-0.1, -0.05) is 0 Å². The molecule has 13 heavy (non-hydrogen) atoms. The van der Waals surface area contributed by atoms with Gasteiger partial charge in [0.15, 0.2) is 17.2 Å². The van der Waals surface area contributed by atoms with Crippen LogP contribution in [0.4, 0.5) is 0 Å². The Morgan fingerprint density at radius 1 is 1.08 bits per heavy atom. The highest BCUT2D eigenvalue weighted by molar-refractivity contribution is 5.89. The normalized spacial score (nSPS) is 8.92. The summed E-state index contributed by atoms with van der Waals surface area (Å²) in [6.45, 7) is 0. The molecule has 0 amide bonds. The van der Waals surface area contributed by atoms with E-state index in [0.717, 1.165) is 12.1 Å². The topological polar surface area (TPSA) is 98.0 Å². The number of carbonyl (C=O) groups is 1. The third-order valence-corrected chi connectivity index (χ3v) is 1.32. The molecule has 0 bridgehead atoms. The Labute approximate surface area is 89.4 Å². The first-order chi connectivity index (χ1) is 5.52. The monoisotopic (exact) mass is 196 g/mol. The first kappa shape index (κ1) is 11.9. The van der Waals surface area contributed by atoms with Crippen molar-refractivity contribution >= 4 is 29.0 Å². The Morgan fingerprint density at radius 2 is 1.46 bits per heavy atom. The lowest BCUT2D eigenvalue weighted by molar-refractivity contribution is 0.0696. The first-order valence-corrected chi connectivity index (χ1v) is 3.00. The summed E-state index contributed by atoms with van der Waals surface area (Å²) in [5.41, 5.74) is -0.289. The molecule has 0 atom stereocenters. The van der Waals surface area contributed by atoms with Crippen LogP contribution in [0.25, 0.3) is 0 Å². The maximum atomic E-state index is 10.3. The molecule has 0 saturated heterocycles. The average Bonchev–Trinajstić information content (AvgIpc) is 1.99. The van der Waals surface area contributed by atoms with Crippen molar-refractivity contribution in [2.75, 3.05) is 0 Å². The minimum atomic E-state index is -1.29. The molecule has 0 aliphatic rings. The highest BCUT2D eigenvalue weighted by Crippen LogP contribution is 2.35. The lowest BCUT2D eigenvalue weighted by Crippen LogP contribution is -1.95. The van der Waals surface area contributed by atoms with E-state index in [-0.39, 0.29) is 28.6 Å². The molecule has 0 heterocycles. The molecule has 1 aromatic carbocycles. The number of phenols is 3. The van der Waals surface area contributed by atoms with Crippen LogP contribution in [-0.2, 0) is 0 Å². The van der Waals surface area contributed by atoms with E-state index >= 15 is 0 Å². The number of hydrogen-bond donors (Lipinski definition) is 4. The third-order valence-electron chi connectivity index (χ3n) is 1.32. The number of aromatic carboxylic acids is 1. The van der Waals surface area contributed by atoms with Gasteiger partial charge in [-0.05, 0) is 12.1 Å². The van der Waals surface area contributed by atoms with Crippen LogP contribution in [0.5, 0.6) is 17.2 Å². The van der Waals surface area contributed by atoms with Crippen molar-refractivity contribution in [3.8, 4) is 17.2 Å². The van der Waals surface area contributed by atoms with E-state index in [4.69, 9.17) is 20.4 Å². The van der Waals surface area contributed by atoms with Crippen molar-refractivity contribution in [3.05, 3.63) is 17.7 Å². The molecule has 4 N–H and O–H groups in total. The third kappa shape index (κ3) is 2.39. The molecule has 68 valence electrons. The Balaban J connectivity index is 0.00000144. The van der Waals surface area contributed by atoms with Crippen LogP contribution in [0.3, 0.4) is 0 Å². The number of benzene rings is 1. The van der Waals surface area contributed by atoms with E-state index in [1.165, 1.54) is 0 Å². The fourth-order valence-corrected chi connectivity index (χ4v) is 0.728. The molecular weight excluding hydrogens is 188 g/mol. The molecule has 0 unspecified atom stereocenters. The summed E-state index contributed by atoms with van der Waals surface area (Å²) in [5, 5.41) is 35.0. The quantitative estimate of drug-likeness (QED) is 0.361. The Kier molecular flexibility index (Phi) is 3.83. The molecule has 0 aliphatic carbocycles. The maximum absolute atomic E-state index is 10.3. The largest absolute Gasteiger partial charge is 0.504 e. The van der Waals surface area contributed by atoms with Crippen molar-refractivity contribution in [2.45, 2.75) is 0 Å². The minimum absolute atomic E-state index is 0. The minimum Gasteiger partial charge on any atom is -0.504 e. The lowest BCUT2D eigenvalue weighted by Gasteiger charge is -2.01. The Morgan fingerprint density at radius 3 is 1.77 bits per heavy atom. The molecular formula is C7H8MgO5. The highest BCUT2D eigenvalue weighted by atomic mass is 24.3. The molecule has 6 heteroatoms. The summed E-state index contributed by atoms with van der Waals surface area (Å²) in [6.07, 6.45) is 0. The van der Waals surface area contributed by atoms with Crippen LogP contribution in [0.15, 0.2) is 12.1 Å². The molecule has 0 radical (unpaired) electrons. The zero-order valence-corrected chi connectivity index (χ0v) is 5.85. The fourth-order valence-electron chi connectivity index (χ4n) is 0.728. The van der Waals surface area contributed by atoms with Crippen LogP contribution in [0.1, 0.15) is 10.4 Å². The number of aromatic hydroxyl groups is 3. The maximum Gasteiger partial charge on any atom is 0.335 e. The SMILES string of the molecule is O=C(O)c1cc(O)c(O)c(O)c1.[MgH2]. The second-order valence-electron chi connectivity index (χ2n) is 2.17. The van der Waals surface area contributed by atoms with Crippen LogP contribution in [-0.4, -0.2) is 49.4 Å². The Bertz CT molecular complexity index is 313. The van der Waals surface area contributed by atoms with E-state index < -0.39 is 23.2 Å². The van der Waals surface area contributed by atoms with Crippen LogP contribution in [0, 0.1) is 0 Å². The molecule has 1 rings (SSSR count). The van der Waals surface area contributed by atoms with Crippen molar-refractivity contribution in [3.63, 3.8) is 0 Å². The number of rotatable bonds is 1. The van der Waals surface area contributed by atoms with Gasteiger partial charge < -0.3 is 20.4 Å². The van der Waals surface area contributed by atoms with E-state index in [9.17, 15) is 4.79 Å². The number of carboxylic acids is 1. The van der Waals surface area contributed by atoms with E-state index in [2.05, 4.69) is 0 Å². The predicted molar refractivity (Wildman–Crippen MR) is 46.9 cm³/mol. The van der Waals surface area contributed by atoms with Gasteiger partial charge in [-0.3, -0.25) is 0 Å². The molecule has 0 aromatic heterocycles. The lowest BCUT2D eigenvalue weighted by atomic mass is 10.2. The summed E-state index contributed by atoms with van der Waals surface area (Å²) >= 11 is 0. The highest BCUT2D eigenvalue weighted by Gasteiger charge is 2.11. The van der Waals surface area contributed by atoms with Crippen molar-refractivity contribution in [1.29, 1.82) is 0 Å². The summed E-state index contributed by atoms with van der Waals surface area (Å²) in [7, 11) is 0. The van der Waals surface area contributed by atoms with Crippen LogP contribution < -0.4 is 0 Å². The van der Waals surface area contributed by atoms with Gasteiger partial charge in [-0.25, -0.2) is 4.79 Å². The molecule has 5 nitrogen and oxygen atoms in total. The van der Waals surface area contributed by atoms with Gasteiger partial charge in [0.1, 0.15) is 0 Å². The van der Waals surface area contributed by atoms with Crippen molar-refractivity contribution in [1.82, 2.24) is 0 Å². The number of carboxylic acid groups (broad SMARTS) is 1. The number of phenolic OH excluding ortho intramolecular Hbond substituents is 3. The van der Waals surface area contributed by atoms with Gasteiger partial charge in [0.25, 0.3) is 0 Å². The smallest absolute Gasteiger partial charge is 0.335 e. The summed E-state index contributed by atoms with van der Waals surface area (Å²) in [4.78, 5) is 10.3. The summed E-state index contributed by atoms with van der Waals surface area (Å²) < 4.78 is 0. The average molecular weight is 196 g/mol. The van der Waals surface area contributed by atoms with Gasteiger partial charge in [0, 0.05) is 0 Å². The van der Waals surface area contributed by atoms with Gasteiger partial charge in [0.2, 0.25) is 0 Å². The Hall–Kier alpha value is -1.14. The second kappa shape index (κ2) is 4.19. The molecule has 0 aliphatic heterocycles. The molecule has 1 aromatic rings.